The maximum Gasteiger partial charge on any atom is 0.164 e. The Morgan fingerprint density at radius 2 is 0.676 bits per heavy atom. The van der Waals surface area contributed by atoms with Crippen molar-refractivity contribution in [2.24, 2.45) is 0 Å². The molecular formula is C62H42N12. The lowest BCUT2D eigenvalue weighted by Crippen LogP contribution is -2.04. The van der Waals surface area contributed by atoms with Crippen LogP contribution in [0, 0.1) is 39.0 Å². The highest BCUT2D eigenvalue weighted by Gasteiger charge is 2.24. The van der Waals surface area contributed by atoms with Gasteiger partial charge in [0.15, 0.2) is 29.1 Å². The van der Waals surface area contributed by atoms with Crippen LogP contribution in [0.1, 0.15) is 28.9 Å². The molecular weight excluding hydrogens is 913 g/mol. The van der Waals surface area contributed by atoms with Gasteiger partial charge in [0.2, 0.25) is 0 Å². The normalized spacial score (nSPS) is 11.5. The van der Waals surface area contributed by atoms with Crippen LogP contribution >= 0.6 is 0 Å². The van der Waals surface area contributed by atoms with Gasteiger partial charge in [0.25, 0.3) is 0 Å². The van der Waals surface area contributed by atoms with Crippen LogP contribution in [0.3, 0.4) is 0 Å². The van der Waals surface area contributed by atoms with E-state index in [0.29, 0.717) is 58.0 Å². The number of hydrogen-bond donors (Lipinski definition) is 0. The van der Waals surface area contributed by atoms with Gasteiger partial charge in [-0.15, -0.1) is 0 Å². The zero-order valence-corrected chi connectivity index (χ0v) is 40.7. The molecule has 0 fully saturated rings. The largest absolute Gasteiger partial charge is 0.309 e. The van der Waals surface area contributed by atoms with Gasteiger partial charge < -0.3 is 9.13 Å². The van der Waals surface area contributed by atoms with Crippen LogP contribution in [-0.2, 0) is 0 Å². The third kappa shape index (κ3) is 7.59. The van der Waals surface area contributed by atoms with E-state index < -0.39 is 0 Å². The lowest BCUT2D eigenvalue weighted by atomic mass is 9.97. The van der Waals surface area contributed by atoms with E-state index in [0.717, 1.165) is 93.9 Å². The molecule has 0 amide bonds. The predicted molar refractivity (Wildman–Crippen MR) is 292 cm³/mol. The van der Waals surface area contributed by atoms with Crippen LogP contribution in [0.2, 0.25) is 0 Å². The number of fused-ring (bicyclic) bond motifs is 6. The summed E-state index contributed by atoms with van der Waals surface area (Å²) in [4.78, 5) is 43.2. The van der Waals surface area contributed by atoms with E-state index in [2.05, 4.69) is 134 Å². The molecule has 0 atom stereocenters. The van der Waals surface area contributed by atoms with Gasteiger partial charge in [0.1, 0.15) is 23.3 Å². The second kappa shape index (κ2) is 17.6. The molecule has 8 aromatic carbocycles. The minimum absolute atomic E-state index is 0.524. The van der Waals surface area contributed by atoms with Crippen molar-refractivity contribution < 1.29 is 0 Å². The maximum atomic E-state index is 10.6. The van der Waals surface area contributed by atoms with Gasteiger partial charge in [0, 0.05) is 60.5 Å². The van der Waals surface area contributed by atoms with Crippen LogP contribution in [0.15, 0.2) is 182 Å². The van der Waals surface area contributed by atoms with Gasteiger partial charge in [0.05, 0.1) is 45.1 Å². The lowest BCUT2D eigenvalue weighted by Gasteiger charge is -2.20. The second-order valence-electron chi connectivity index (χ2n) is 18.3. The molecule has 0 aliphatic heterocycles. The maximum absolute atomic E-state index is 10.6. The first-order chi connectivity index (χ1) is 36.2. The molecule has 0 saturated heterocycles. The number of benzene rings is 8. The van der Waals surface area contributed by atoms with Crippen LogP contribution in [0.4, 0.5) is 0 Å². The number of aryl methyl sites for hydroxylation is 4. The molecule has 0 aliphatic carbocycles. The molecule has 350 valence electrons. The van der Waals surface area contributed by atoms with Crippen molar-refractivity contribution in [2.75, 3.05) is 0 Å². The first-order valence-corrected chi connectivity index (χ1v) is 24.3. The van der Waals surface area contributed by atoms with E-state index in [1.54, 1.807) is 0 Å². The minimum Gasteiger partial charge on any atom is -0.309 e. The Hall–Kier alpha value is -10.1. The predicted octanol–water partition coefficient (Wildman–Crippen LogP) is 13.5. The van der Waals surface area contributed by atoms with Crippen molar-refractivity contribution in [3.05, 3.63) is 211 Å². The van der Waals surface area contributed by atoms with Crippen LogP contribution < -0.4 is 0 Å². The van der Waals surface area contributed by atoms with E-state index in [1.165, 1.54) is 0 Å². The summed E-state index contributed by atoms with van der Waals surface area (Å²) in [5, 5.41) is 14.8. The molecule has 0 radical (unpaired) electrons. The second-order valence-corrected chi connectivity index (χ2v) is 18.3. The standard InChI is InChI=1S/C62H42N12/c1-36-64-37(2)67-60(66-36)43-25-29-54-50(32-43)46-19-11-13-21-52(46)73(54)56-31-40(35-63)23-27-48(56)49-28-24-45(62-71-58(41-15-7-5-8-16-41)70-59(72-62)42-17-9-6-10-18-42)34-57(49)74-53-22-14-12-20-47(53)51-33-44(26-30-55(51)74)61-68-38(3)65-39(4)69-61/h5-34H,1-4H3. The highest BCUT2D eigenvalue weighted by Crippen LogP contribution is 2.43. The summed E-state index contributed by atoms with van der Waals surface area (Å²) in [5.41, 5.74) is 12.3. The Kier molecular flexibility index (Phi) is 10.4. The van der Waals surface area contributed by atoms with Crippen molar-refractivity contribution >= 4 is 43.6 Å². The fourth-order valence-corrected chi connectivity index (χ4v) is 10.3. The Balaban J connectivity index is 1.10. The molecule has 0 N–H and O–H groups in total. The van der Waals surface area contributed by atoms with Gasteiger partial charge in [-0.05, 0) is 94.4 Å². The molecule has 5 aromatic heterocycles. The quantitative estimate of drug-likeness (QED) is 0.144. The van der Waals surface area contributed by atoms with Gasteiger partial charge in [-0.2, -0.15) is 5.26 Å². The van der Waals surface area contributed by atoms with Crippen molar-refractivity contribution in [3.8, 4) is 85.5 Å². The summed E-state index contributed by atoms with van der Waals surface area (Å²) in [6.07, 6.45) is 0. The van der Waals surface area contributed by atoms with Gasteiger partial charge in [-0.3, -0.25) is 0 Å². The Morgan fingerprint density at radius 1 is 0.311 bits per heavy atom. The minimum atomic E-state index is 0.524. The molecule has 12 nitrogen and oxygen atoms in total. The average molecular weight is 955 g/mol. The van der Waals surface area contributed by atoms with Crippen LogP contribution in [-0.4, -0.2) is 54.0 Å². The van der Waals surface area contributed by atoms with Crippen molar-refractivity contribution in [2.45, 2.75) is 27.7 Å². The van der Waals surface area contributed by atoms with Crippen LogP contribution in [0.5, 0.6) is 0 Å². The van der Waals surface area contributed by atoms with Gasteiger partial charge in [-0.25, -0.2) is 44.9 Å². The van der Waals surface area contributed by atoms with Crippen molar-refractivity contribution in [1.82, 2.24) is 54.0 Å². The first kappa shape index (κ1) is 43.9. The summed E-state index contributed by atoms with van der Waals surface area (Å²) >= 11 is 0. The zero-order chi connectivity index (χ0) is 50.0. The molecule has 0 spiro atoms. The molecule has 13 rings (SSSR count). The number of hydrogen-bond acceptors (Lipinski definition) is 10. The molecule has 0 unspecified atom stereocenters. The summed E-state index contributed by atoms with van der Waals surface area (Å²) in [5.74, 6) is 5.55. The van der Waals surface area contributed by atoms with E-state index in [4.69, 9.17) is 34.9 Å². The Labute approximate surface area is 425 Å². The SMILES string of the molecule is Cc1nc(C)nc(-c2ccc3c(c2)c2ccccc2n3-c2cc(C#N)ccc2-c2ccc(-c3nc(-c4ccccc4)nc(-c4ccccc4)n3)cc2-n2c3ccccc3c3cc(-c4nc(C)nc(C)n4)ccc32)n1. The monoisotopic (exact) mass is 954 g/mol. The van der Waals surface area contributed by atoms with Crippen LogP contribution in [0.25, 0.3) is 123 Å². The molecule has 12 heteroatoms. The highest BCUT2D eigenvalue weighted by atomic mass is 15.1. The van der Waals surface area contributed by atoms with Gasteiger partial charge in [-0.1, -0.05) is 115 Å². The lowest BCUT2D eigenvalue weighted by molar-refractivity contribution is 0.928. The molecule has 74 heavy (non-hydrogen) atoms. The fourth-order valence-electron chi connectivity index (χ4n) is 10.3. The summed E-state index contributed by atoms with van der Waals surface area (Å²) in [7, 11) is 0. The summed E-state index contributed by atoms with van der Waals surface area (Å²) in [6.45, 7) is 7.55. The van der Waals surface area contributed by atoms with E-state index in [-0.39, 0.29) is 0 Å². The zero-order valence-electron chi connectivity index (χ0n) is 40.7. The molecule has 0 bridgehead atoms. The number of para-hydroxylation sites is 2. The van der Waals surface area contributed by atoms with Crippen molar-refractivity contribution in [3.63, 3.8) is 0 Å². The van der Waals surface area contributed by atoms with Crippen molar-refractivity contribution in [1.29, 1.82) is 5.26 Å². The number of nitriles is 1. The molecule has 0 aliphatic rings. The fraction of sp³-hybridized carbons (Fsp3) is 0.0645. The highest BCUT2D eigenvalue weighted by molar-refractivity contribution is 6.12. The van der Waals surface area contributed by atoms with Gasteiger partial charge >= 0.3 is 0 Å². The number of rotatable bonds is 8. The van der Waals surface area contributed by atoms with E-state index in [9.17, 15) is 5.26 Å². The number of aromatic nitrogens is 11. The first-order valence-electron chi connectivity index (χ1n) is 24.3. The Bertz CT molecular complexity index is 4340. The van der Waals surface area contributed by atoms with E-state index >= 15 is 0 Å². The molecule has 0 saturated carbocycles. The number of nitrogens with zero attached hydrogens (tertiary/aromatic N) is 12. The molecule has 5 heterocycles. The topological polar surface area (TPSA) is 150 Å². The third-order valence-electron chi connectivity index (χ3n) is 13.4. The third-order valence-corrected chi connectivity index (χ3v) is 13.4. The Morgan fingerprint density at radius 3 is 1.15 bits per heavy atom. The van der Waals surface area contributed by atoms with E-state index in [1.807, 2.05) is 100 Å². The molecule has 13 aromatic rings. The average Bonchev–Trinajstić information content (AvgIpc) is 3.95. The summed E-state index contributed by atoms with van der Waals surface area (Å²) < 4.78 is 4.60. The smallest absolute Gasteiger partial charge is 0.164 e. The summed E-state index contributed by atoms with van der Waals surface area (Å²) in [6, 6.07) is 64.5.